The summed E-state index contributed by atoms with van der Waals surface area (Å²) in [6.07, 6.45) is 1.90. The van der Waals surface area contributed by atoms with Crippen molar-refractivity contribution in [3.05, 3.63) is 35.1 Å². The number of benzene rings is 1. The van der Waals surface area contributed by atoms with Crippen LogP contribution in [-0.2, 0) is 0 Å². The number of halogens is 3. The van der Waals surface area contributed by atoms with Crippen molar-refractivity contribution in [3.63, 3.8) is 0 Å². The van der Waals surface area contributed by atoms with Gasteiger partial charge in [-0.05, 0) is 18.4 Å². The molecular formula is C16H23F3N2. The molecular weight excluding hydrogens is 277 g/mol. The van der Waals surface area contributed by atoms with E-state index in [0.29, 0.717) is 6.07 Å². The molecule has 118 valence electrons. The zero-order valence-electron chi connectivity index (χ0n) is 12.6. The van der Waals surface area contributed by atoms with Crippen molar-refractivity contribution < 1.29 is 13.2 Å². The molecule has 21 heavy (non-hydrogen) atoms. The predicted octanol–water partition coefficient (Wildman–Crippen LogP) is 3.49. The van der Waals surface area contributed by atoms with Crippen molar-refractivity contribution in [2.75, 3.05) is 26.2 Å². The SMILES string of the molecule is CCCC(C)[C@H](c1cc(F)c(F)cc1F)N1CCNCC1. The second-order valence-electron chi connectivity index (χ2n) is 5.78. The first-order valence-electron chi connectivity index (χ1n) is 7.63. The number of rotatable bonds is 5. The molecule has 0 bridgehead atoms. The molecule has 5 heteroatoms. The van der Waals surface area contributed by atoms with Gasteiger partial charge >= 0.3 is 0 Å². The smallest absolute Gasteiger partial charge is 0.161 e. The molecule has 2 atom stereocenters. The van der Waals surface area contributed by atoms with Crippen LogP contribution < -0.4 is 5.32 Å². The number of hydrogen-bond donors (Lipinski definition) is 1. The van der Waals surface area contributed by atoms with Gasteiger partial charge in [0.25, 0.3) is 0 Å². The second-order valence-corrected chi connectivity index (χ2v) is 5.78. The van der Waals surface area contributed by atoms with Crippen LogP contribution >= 0.6 is 0 Å². The highest BCUT2D eigenvalue weighted by molar-refractivity contribution is 5.24. The van der Waals surface area contributed by atoms with Crippen molar-refractivity contribution >= 4 is 0 Å². The fourth-order valence-electron chi connectivity index (χ4n) is 3.20. The third-order valence-electron chi connectivity index (χ3n) is 4.19. The third kappa shape index (κ3) is 3.77. The first-order chi connectivity index (χ1) is 10.0. The van der Waals surface area contributed by atoms with Gasteiger partial charge in [-0.3, -0.25) is 4.90 Å². The normalized spacial score (nSPS) is 19.5. The average molecular weight is 300 g/mol. The van der Waals surface area contributed by atoms with Crippen molar-refractivity contribution in [2.45, 2.75) is 32.7 Å². The Morgan fingerprint density at radius 2 is 1.71 bits per heavy atom. The maximum atomic E-state index is 14.2. The van der Waals surface area contributed by atoms with Gasteiger partial charge in [0.05, 0.1) is 0 Å². The Balaban J connectivity index is 2.36. The number of nitrogens with one attached hydrogen (secondary N) is 1. The van der Waals surface area contributed by atoms with Gasteiger partial charge in [0.1, 0.15) is 5.82 Å². The van der Waals surface area contributed by atoms with Gasteiger partial charge in [0.15, 0.2) is 11.6 Å². The molecule has 1 aromatic carbocycles. The molecule has 1 N–H and O–H groups in total. The van der Waals surface area contributed by atoms with Gasteiger partial charge < -0.3 is 5.32 Å². The first-order valence-corrected chi connectivity index (χ1v) is 7.63. The van der Waals surface area contributed by atoms with E-state index in [2.05, 4.69) is 24.1 Å². The zero-order valence-corrected chi connectivity index (χ0v) is 12.6. The highest BCUT2D eigenvalue weighted by Gasteiger charge is 2.30. The van der Waals surface area contributed by atoms with Crippen LogP contribution in [-0.4, -0.2) is 31.1 Å². The monoisotopic (exact) mass is 300 g/mol. The Kier molecular flexibility index (Phi) is 5.65. The van der Waals surface area contributed by atoms with Crippen LogP contribution in [0.3, 0.4) is 0 Å². The summed E-state index contributed by atoms with van der Waals surface area (Å²) in [5, 5.41) is 3.26. The minimum absolute atomic E-state index is 0.187. The van der Waals surface area contributed by atoms with Crippen LogP contribution in [0.25, 0.3) is 0 Å². The molecule has 0 spiro atoms. The standard InChI is InChI=1S/C16H23F3N2/c1-3-4-11(2)16(21-7-5-20-6-8-21)12-9-14(18)15(19)10-13(12)17/h9-11,16,20H,3-8H2,1-2H3/t11?,16-/m1/s1. The highest BCUT2D eigenvalue weighted by atomic mass is 19.2. The fraction of sp³-hybridized carbons (Fsp3) is 0.625. The fourth-order valence-corrected chi connectivity index (χ4v) is 3.20. The van der Waals surface area contributed by atoms with Crippen molar-refractivity contribution in [1.29, 1.82) is 0 Å². The van der Waals surface area contributed by atoms with E-state index in [1.165, 1.54) is 0 Å². The molecule has 1 aliphatic rings. The topological polar surface area (TPSA) is 15.3 Å². The van der Waals surface area contributed by atoms with E-state index in [9.17, 15) is 13.2 Å². The molecule has 0 amide bonds. The van der Waals surface area contributed by atoms with Crippen LogP contribution in [0, 0.1) is 23.4 Å². The van der Waals surface area contributed by atoms with Crippen molar-refractivity contribution in [3.8, 4) is 0 Å². The molecule has 1 heterocycles. The van der Waals surface area contributed by atoms with Crippen molar-refractivity contribution in [1.82, 2.24) is 10.2 Å². The van der Waals surface area contributed by atoms with Gasteiger partial charge in [-0.1, -0.05) is 20.3 Å². The maximum absolute atomic E-state index is 14.2. The lowest BCUT2D eigenvalue weighted by atomic mass is 9.88. The Bertz CT molecular complexity index is 473. The number of piperazine rings is 1. The molecule has 0 radical (unpaired) electrons. The van der Waals surface area contributed by atoms with Crippen LogP contribution in [0.2, 0.25) is 0 Å². The van der Waals surface area contributed by atoms with E-state index in [4.69, 9.17) is 0 Å². The third-order valence-corrected chi connectivity index (χ3v) is 4.19. The van der Waals surface area contributed by atoms with E-state index in [0.717, 1.165) is 45.1 Å². The van der Waals surface area contributed by atoms with Gasteiger partial charge in [-0.2, -0.15) is 0 Å². The lowest BCUT2D eigenvalue weighted by Crippen LogP contribution is -2.46. The van der Waals surface area contributed by atoms with Crippen LogP contribution in [0.5, 0.6) is 0 Å². The van der Waals surface area contributed by atoms with Gasteiger partial charge in [-0.15, -0.1) is 0 Å². The summed E-state index contributed by atoms with van der Waals surface area (Å²) < 4.78 is 40.9. The summed E-state index contributed by atoms with van der Waals surface area (Å²) >= 11 is 0. The van der Waals surface area contributed by atoms with Crippen LogP contribution in [0.15, 0.2) is 12.1 Å². The van der Waals surface area contributed by atoms with Gasteiger partial charge in [0.2, 0.25) is 0 Å². The van der Waals surface area contributed by atoms with Gasteiger partial charge in [0, 0.05) is 43.9 Å². The number of nitrogens with zero attached hydrogens (tertiary/aromatic N) is 1. The molecule has 0 saturated carbocycles. The van der Waals surface area contributed by atoms with E-state index >= 15 is 0 Å². The molecule has 2 rings (SSSR count). The van der Waals surface area contributed by atoms with E-state index in [1.807, 2.05) is 0 Å². The molecule has 1 unspecified atom stereocenters. The first kappa shape index (κ1) is 16.3. The minimum atomic E-state index is -1.13. The molecule has 1 aliphatic heterocycles. The molecule has 1 aromatic rings. The summed E-state index contributed by atoms with van der Waals surface area (Å²) in [7, 11) is 0. The molecule has 1 saturated heterocycles. The Labute approximate surface area is 124 Å². The van der Waals surface area contributed by atoms with E-state index in [1.54, 1.807) is 0 Å². The van der Waals surface area contributed by atoms with Crippen LogP contribution in [0.1, 0.15) is 38.3 Å². The molecule has 1 fully saturated rings. The van der Waals surface area contributed by atoms with Crippen LogP contribution in [0.4, 0.5) is 13.2 Å². The largest absolute Gasteiger partial charge is 0.314 e. The lowest BCUT2D eigenvalue weighted by Gasteiger charge is -2.38. The predicted molar refractivity (Wildman–Crippen MR) is 77.6 cm³/mol. The highest BCUT2D eigenvalue weighted by Crippen LogP contribution is 2.34. The van der Waals surface area contributed by atoms with E-state index < -0.39 is 17.5 Å². The second kappa shape index (κ2) is 7.27. The summed E-state index contributed by atoms with van der Waals surface area (Å²) in [5.41, 5.74) is 0.275. The number of hydrogen-bond acceptors (Lipinski definition) is 2. The zero-order chi connectivity index (χ0) is 15.4. The molecule has 0 aliphatic carbocycles. The maximum Gasteiger partial charge on any atom is 0.161 e. The summed E-state index contributed by atoms with van der Waals surface area (Å²) in [5.74, 6) is -2.57. The summed E-state index contributed by atoms with van der Waals surface area (Å²) in [4.78, 5) is 2.17. The Morgan fingerprint density at radius 3 is 2.33 bits per heavy atom. The Morgan fingerprint density at radius 1 is 1.10 bits per heavy atom. The Hall–Kier alpha value is -1.07. The molecule has 0 aromatic heterocycles. The van der Waals surface area contributed by atoms with Gasteiger partial charge in [-0.25, -0.2) is 13.2 Å². The minimum Gasteiger partial charge on any atom is -0.314 e. The molecule has 2 nitrogen and oxygen atoms in total. The summed E-state index contributed by atoms with van der Waals surface area (Å²) in [6, 6.07) is 1.49. The van der Waals surface area contributed by atoms with E-state index in [-0.39, 0.29) is 17.5 Å². The summed E-state index contributed by atoms with van der Waals surface area (Å²) in [6.45, 7) is 7.37. The average Bonchev–Trinajstić information content (AvgIpc) is 2.46. The lowest BCUT2D eigenvalue weighted by molar-refractivity contribution is 0.122. The quantitative estimate of drug-likeness (QED) is 0.838. The van der Waals surface area contributed by atoms with Crippen molar-refractivity contribution in [2.24, 2.45) is 5.92 Å².